The molecular formula is C17H35N3. The fraction of sp³-hybridized carbons (Fsp3) is 0.882. The summed E-state index contributed by atoms with van der Waals surface area (Å²) >= 11 is 0. The van der Waals surface area contributed by atoms with E-state index in [0.717, 1.165) is 25.1 Å². The van der Waals surface area contributed by atoms with Gasteiger partial charge in [-0.3, -0.25) is 0 Å². The molecule has 0 heterocycles. The van der Waals surface area contributed by atoms with Crippen LogP contribution in [-0.2, 0) is 0 Å². The number of hydrogen-bond acceptors (Lipinski definition) is 3. The van der Waals surface area contributed by atoms with Crippen LogP contribution in [0.1, 0.15) is 71.6 Å². The second-order valence-electron chi connectivity index (χ2n) is 6.85. The zero-order chi connectivity index (χ0) is 15.0. The lowest BCUT2D eigenvalue weighted by atomic mass is 9.71. The predicted octanol–water partition coefficient (Wildman–Crippen LogP) is 3.30. The number of hydrogen-bond donors (Lipinski definition) is 3. The van der Waals surface area contributed by atoms with Crippen molar-refractivity contribution in [1.29, 1.82) is 0 Å². The summed E-state index contributed by atoms with van der Waals surface area (Å²) in [6, 6.07) is 0.252. The topological polar surface area (TPSA) is 64.1 Å². The molecule has 118 valence electrons. The Morgan fingerprint density at radius 3 is 2.40 bits per heavy atom. The van der Waals surface area contributed by atoms with Crippen LogP contribution in [0.3, 0.4) is 0 Å². The van der Waals surface area contributed by atoms with Gasteiger partial charge >= 0.3 is 0 Å². The molecule has 1 fully saturated rings. The molecule has 3 nitrogen and oxygen atoms in total. The normalized spacial score (nSPS) is 21.2. The zero-order valence-corrected chi connectivity index (χ0v) is 13.6. The van der Waals surface area contributed by atoms with Gasteiger partial charge in [-0.2, -0.15) is 0 Å². The Balaban J connectivity index is 2.40. The van der Waals surface area contributed by atoms with Crippen LogP contribution in [0, 0.1) is 5.41 Å². The molecule has 2 atom stereocenters. The molecule has 20 heavy (non-hydrogen) atoms. The van der Waals surface area contributed by atoms with Crippen LogP contribution in [0.5, 0.6) is 0 Å². The van der Waals surface area contributed by atoms with Gasteiger partial charge in [0.05, 0.1) is 0 Å². The third-order valence-electron chi connectivity index (χ3n) is 4.77. The highest BCUT2D eigenvalue weighted by molar-refractivity contribution is 5.03. The van der Waals surface area contributed by atoms with E-state index in [-0.39, 0.29) is 12.1 Å². The maximum absolute atomic E-state index is 6.18. The fourth-order valence-electron chi connectivity index (χ4n) is 3.40. The van der Waals surface area contributed by atoms with Crippen LogP contribution >= 0.6 is 0 Å². The van der Waals surface area contributed by atoms with E-state index in [1.165, 1.54) is 44.9 Å². The van der Waals surface area contributed by atoms with Crippen molar-refractivity contribution in [3.63, 3.8) is 0 Å². The fourth-order valence-corrected chi connectivity index (χ4v) is 3.40. The molecule has 0 spiro atoms. The zero-order valence-electron chi connectivity index (χ0n) is 13.6. The minimum absolute atomic E-state index is 0.0308. The van der Waals surface area contributed by atoms with Gasteiger partial charge in [0.1, 0.15) is 0 Å². The molecule has 1 saturated carbocycles. The Morgan fingerprint density at radius 1 is 1.20 bits per heavy atom. The van der Waals surface area contributed by atoms with Crippen molar-refractivity contribution in [3.8, 4) is 0 Å². The summed E-state index contributed by atoms with van der Waals surface area (Å²) in [5, 5.41) is 3.54. The average Bonchev–Trinajstić information content (AvgIpc) is 2.43. The Hall–Kier alpha value is -0.540. The van der Waals surface area contributed by atoms with E-state index in [1.54, 1.807) is 0 Å². The molecule has 2 unspecified atom stereocenters. The SMILES string of the molecule is C=C(NCC1(CCC)CCCCC1)C(N)CCC(C)N. The highest BCUT2D eigenvalue weighted by Gasteiger charge is 2.31. The Morgan fingerprint density at radius 2 is 1.85 bits per heavy atom. The second-order valence-corrected chi connectivity index (χ2v) is 6.85. The van der Waals surface area contributed by atoms with Gasteiger partial charge in [-0.05, 0) is 44.4 Å². The van der Waals surface area contributed by atoms with Gasteiger partial charge in [0.2, 0.25) is 0 Å². The lowest BCUT2D eigenvalue weighted by molar-refractivity contribution is 0.169. The van der Waals surface area contributed by atoms with Crippen molar-refractivity contribution in [2.75, 3.05) is 6.54 Å². The quantitative estimate of drug-likeness (QED) is 0.607. The molecule has 0 aliphatic heterocycles. The first-order chi connectivity index (χ1) is 9.49. The molecule has 1 aliphatic carbocycles. The van der Waals surface area contributed by atoms with Gasteiger partial charge in [0, 0.05) is 24.3 Å². The molecule has 0 aromatic rings. The first-order valence-electron chi connectivity index (χ1n) is 8.43. The van der Waals surface area contributed by atoms with Crippen LogP contribution < -0.4 is 16.8 Å². The van der Waals surface area contributed by atoms with Crippen molar-refractivity contribution in [1.82, 2.24) is 5.32 Å². The number of nitrogens with two attached hydrogens (primary N) is 2. The molecule has 0 radical (unpaired) electrons. The van der Waals surface area contributed by atoms with E-state index < -0.39 is 0 Å². The summed E-state index contributed by atoms with van der Waals surface area (Å²) in [4.78, 5) is 0. The molecule has 0 saturated heterocycles. The van der Waals surface area contributed by atoms with Crippen LogP contribution in [-0.4, -0.2) is 18.6 Å². The molecule has 3 heteroatoms. The van der Waals surface area contributed by atoms with E-state index in [9.17, 15) is 0 Å². The van der Waals surface area contributed by atoms with Crippen molar-refractivity contribution in [3.05, 3.63) is 12.3 Å². The summed E-state index contributed by atoms with van der Waals surface area (Å²) in [7, 11) is 0. The van der Waals surface area contributed by atoms with Gasteiger partial charge in [-0.1, -0.05) is 39.2 Å². The third kappa shape index (κ3) is 5.84. The van der Waals surface area contributed by atoms with Gasteiger partial charge in [0.25, 0.3) is 0 Å². The molecule has 0 bridgehead atoms. The Labute approximate surface area is 125 Å². The van der Waals surface area contributed by atoms with E-state index >= 15 is 0 Å². The summed E-state index contributed by atoms with van der Waals surface area (Å²) in [5.74, 6) is 0. The Kier molecular flexibility index (Phi) is 7.60. The lowest BCUT2D eigenvalue weighted by Crippen LogP contribution is -2.40. The number of nitrogens with one attached hydrogen (secondary N) is 1. The van der Waals surface area contributed by atoms with Gasteiger partial charge in [-0.25, -0.2) is 0 Å². The second kappa shape index (κ2) is 8.68. The van der Waals surface area contributed by atoms with Gasteiger partial charge in [-0.15, -0.1) is 0 Å². The van der Waals surface area contributed by atoms with Gasteiger partial charge < -0.3 is 16.8 Å². The van der Waals surface area contributed by atoms with Crippen molar-refractivity contribution >= 4 is 0 Å². The van der Waals surface area contributed by atoms with Crippen molar-refractivity contribution < 1.29 is 0 Å². The number of rotatable bonds is 9. The van der Waals surface area contributed by atoms with E-state index in [0.29, 0.717) is 5.41 Å². The average molecular weight is 281 g/mol. The molecule has 5 N–H and O–H groups in total. The highest BCUT2D eigenvalue weighted by Crippen LogP contribution is 2.39. The molecule has 1 aliphatic rings. The molecule has 0 amide bonds. The first-order valence-corrected chi connectivity index (χ1v) is 8.43. The van der Waals surface area contributed by atoms with Crippen LogP contribution in [0.2, 0.25) is 0 Å². The summed E-state index contributed by atoms with van der Waals surface area (Å²) in [6.45, 7) is 9.50. The van der Waals surface area contributed by atoms with Crippen molar-refractivity contribution in [2.24, 2.45) is 16.9 Å². The maximum atomic E-state index is 6.18. The minimum Gasteiger partial charge on any atom is -0.387 e. The largest absolute Gasteiger partial charge is 0.387 e. The predicted molar refractivity (Wildman–Crippen MR) is 88.4 cm³/mol. The van der Waals surface area contributed by atoms with Gasteiger partial charge in [0.15, 0.2) is 0 Å². The van der Waals surface area contributed by atoms with Crippen LogP contribution in [0.4, 0.5) is 0 Å². The standard InChI is InChI=1S/C17H35N3/c1-4-10-17(11-6-5-7-12-17)13-20-15(3)16(19)9-8-14(2)18/h14,16,20H,3-13,18-19H2,1-2H3. The van der Waals surface area contributed by atoms with E-state index in [4.69, 9.17) is 11.5 Å². The van der Waals surface area contributed by atoms with Crippen molar-refractivity contribution in [2.45, 2.75) is 83.7 Å². The smallest absolute Gasteiger partial charge is 0.0438 e. The van der Waals surface area contributed by atoms with Crippen LogP contribution in [0.25, 0.3) is 0 Å². The minimum atomic E-state index is 0.0308. The molecular weight excluding hydrogens is 246 g/mol. The third-order valence-corrected chi connectivity index (χ3v) is 4.77. The summed E-state index contributed by atoms with van der Waals surface area (Å²) in [6.07, 6.45) is 11.3. The monoisotopic (exact) mass is 281 g/mol. The van der Waals surface area contributed by atoms with Crippen LogP contribution in [0.15, 0.2) is 12.3 Å². The lowest BCUT2D eigenvalue weighted by Gasteiger charge is -2.38. The molecule has 1 rings (SSSR count). The Bertz CT molecular complexity index is 274. The summed E-state index contributed by atoms with van der Waals surface area (Å²) < 4.78 is 0. The van der Waals surface area contributed by atoms with E-state index in [2.05, 4.69) is 18.8 Å². The molecule has 0 aromatic heterocycles. The summed E-state index contributed by atoms with van der Waals surface area (Å²) in [5.41, 5.74) is 13.4. The van der Waals surface area contributed by atoms with E-state index in [1.807, 2.05) is 6.92 Å². The molecule has 0 aromatic carbocycles. The maximum Gasteiger partial charge on any atom is 0.0438 e. The highest BCUT2D eigenvalue weighted by atomic mass is 14.9. The first kappa shape index (κ1) is 17.5.